The summed E-state index contributed by atoms with van der Waals surface area (Å²) in [6.45, 7) is 8.26. The molecule has 170 valence electrons. The Morgan fingerprint density at radius 1 is 1.28 bits per heavy atom. The molecule has 8 nitrogen and oxygen atoms in total. The van der Waals surface area contributed by atoms with Gasteiger partial charge >= 0.3 is 6.03 Å². The van der Waals surface area contributed by atoms with E-state index in [-0.39, 0.29) is 18.1 Å². The van der Waals surface area contributed by atoms with Crippen LogP contribution in [-0.2, 0) is 6.54 Å². The van der Waals surface area contributed by atoms with Crippen LogP contribution in [-0.4, -0.2) is 64.9 Å². The van der Waals surface area contributed by atoms with Gasteiger partial charge < -0.3 is 20.5 Å². The first-order valence-corrected chi connectivity index (χ1v) is 11.6. The molecular weight excluding hydrogens is 402 g/mol. The lowest BCUT2D eigenvalue weighted by Crippen LogP contribution is -2.49. The van der Waals surface area contributed by atoms with Gasteiger partial charge in [0.1, 0.15) is 0 Å². The molecule has 3 atom stereocenters. The molecule has 0 spiro atoms. The number of carbonyl (C=O) groups is 1. The second-order valence-electron chi connectivity index (χ2n) is 9.25. The average Bonchev–Trinajstić information content (AvgIpc) is 3.51. The monoisotopic (exact) mass is 435 g/mol. The lowest BCUT2D eigenvalue weighted by molar-refractivity contribution is 0.194. The molecular formula is C24H33N7O. The summed E-state index contributed by atoms with van der Waals surface area (Å²) >= 11 is 0. The highest BCUT2D eigenvalue weighted by Gasteiger charge is 2.37. The standard InChI is InChI=1S/C24H33N7O/c1-4-31-12-17(11-25-31)23-20-14-30(10-9-21(20)27-28-23)24(32)26-22-15-29(3)13-19(22)18-8-6-5-7-16(18)2/h5-8,11-12,19,22-23,27-28H,4,9-10,13-15H2,1-3H3,(H,26,32)/t19-,22?,23?/m0/s1. The Hall–Kier alpha value is -2.84. The van der Waals surface area contributed by atoms with Gasteiger partial charge in [0.25, 0.3) is 0 Å². The summed E-state index contributed by atoms with van der Waals surface area (Å²) in [5, 5.41) is 7.79. The predicted molar refractivity (Wildman–Crippen MR) is 124 cm³/mol. The fourth-order valence-electron chi connectivity index (χ4n) is 5.32. The Balaban J connectivity index is 1.28. The second-order valence-corrected chi connectivity index (χ2v) is 9.25. The van der Waals surface area contributed by atoms with Crippen molar-refractivity contribution in [2.45, 2.75) is 44.8 Å². The van der Waals surface area contributed by atoms with E-state index < -0.39 is 0 Å². The molecule has 5 rings (SSSR count). The number of likely N-dealkylation sites (tertiary alicyclic amines) is 1. The zero-order valence-corrected chi connectivity index (χ0v) is 19.1. The maximum atomic E-state index is 13.3. The van der Waals surface area contributed by atoms with Crippen LogP contribution >= 0.6 is 0 Å². The van der Waals surface area contributed by atoms with Crippen LogP contribution in [0.25, 0.3) is 0 Å². The van der Waals surface area contributed by atoms with Crippen LogP contribution in [0.3, 0.4) is 0 Å². The van der Waals surface area contributed by atoms with Crippen LogP contribution in [0.1, 0.15) is 42.0 Å². The number of nitrogens with zero attached hydrogens (tertiary/aromatic N) is 4. The summed E-state index contributed by atoms with van der Waals surface area (Å²) in [6.07, 6.45) is 4.83. The summed E-state index contributed by atoms with van der Waals surface area (Å²) in [7, 11) is 2.13. The van der Waals surface area contributed by atoms with E-state index >= 15 is 0 Å². The number of nitrogens with one attached hydrogen (secondary N) is 3. The van der Waals surface area contributed by atoms with E-state index in [4.69, 9.17) is 0 Å². The molecule has 4 heterocycles. The normalized spacial score (nSPS) is 25.7. The lowest BCUT2D eigenvalue weighted by Gasteiger charge is -2.31. The SMILES string of the molecule is CCn1cc(C2NNC3=C2CN(C(=O)NC2CN(C)C[C@H]2c2ccccc2C)CC3)cn1. The van der Waals surface area contributed by atoms with Gasteiger partial charge in [-0.05, 0) is 37.6 Å². The van der Waals surface area contributed by atoms with Crippen molar-refractivity contribution in [3.63, 3.8) is 0 Å². The summed E-state index contributed by atoms with van der Waals surface area (Å²) in [5.41, 5.74) is 12.9. The van der Waals surface area contributed by atoms with Crippen molar-refractivity contribution in [1.29, 1.82) is 0 Å². The number of hydrogen-bond acceptors (Lipinski definition) is 5. The van der Waals surface area contributed by atoms with E-state index in [1.54, 1.807) is 0 Å². The third kappa shape index (κ3) is 3.89. The van der Waals surface area contributed by atoms with Crippen LogP contribution in [0.5, 0.6) is 0 Å². The molecule has 0 saturated carbocycles. The highest BCUT2D eigenvalue weighted by molar-refractivity contribution is 5.75. The Labute approximate surface area is 189 Å². The molecule has 3 N–H and O–H groups in total. The van der Waals surface area contributed by atoms with Crippen molar-refractivity contribution in [3.05, 3.63) is 64.6 Å². The molecule has 3 aliphatic heterocycles. The van der Waals surface area contributed by atoms with Crippen LogP contribution in [0.4, 0.5) is 4.79 Å². The highest BCUT2D eigenvalue weighted by Crippen LogP contribution is 2.33. The zero-order valence-electron chi connectivity index (χ0n) is 19.1. The van der Waals surface area contributed by atoms with Crippen molar-refractivity contribution in [1.82, 2.24) is 35.7 Å². The molecule has 2 unspecified atom stereocenters. The number of aryl methyl sites for hydroxylation is 2. The number of hydrogen-bond donors (Lipinski definition) is 3. The Kier molecular flexibility index (Phi) is 5.65. The van der Waals surface area contributed by atoms with E-state index in [1.807, 2.05) is 15.8 Å². The molecule has 3 aliphatic rings. The highest BCUT2D eigenvalue weighted by atomic mass is 16.2. The molecule has 0 bridgehead atoms. The number of benzene rings is 1. The van der Waals surface area contributed by atoms with E-state index in [9.17, 15) is 4.79 Å². The first-order chi connectivity index (χ1) is 15.5. The maximum Gasteiger partial charge on any atom is 0.317 e. The van der Waals surface area contributed by atoms with Gasteiger partial charge in [-0.2, -0.15) is 5.10 Å². The number of urea groups is 1. The predicted octanol–water partition coefficient (Wildman–Crippen LogP) is 2.13. The fraction of sp³-hybridized carbons (Fsp3) is 0.500. The first-order valence-electron chi connectivity index (χ1n) is 11.6. The van der Waals surface area contributed by atoms with Gasteiger partial charge in [-0.15, -0.1) is 0 Å². The van der Waals surface area contributed by atoms with Crippen LogP contribution in [0.15, 0.2) is 47.9 Å². The third-order valence-electron chi connectivity index (χ3n) is 7.09. The van der Waals surface area contributed by atoms with E-state index in [1.165, 1.54) is 22.4 Å². The van der Waals surface area contributed by atoms with Gasteiger partial charge in [0, 0.05) is 62.5 Å². The van der Waals surface area contributed by atoms with Crippen molar-refractivity contribution < 1.29 is 4.79 Å². The summed E-state index contributed by atoms with van der Waals surface area (Å²) in [6, 6.07) is 8.73. The molecule has 1 saturated heterocycles. The number of aromatic nitrogens is 2. The number of rotatable bonds is 4. The lowest BCUT2D eigenvalue weighted by atomic mass is 9.91. The van der Waals surface area contributed by atoms with Crippen LogP contribution in [0.2, 0.25) is 0 Å². The zero-order chi connectivity index (χ0) is 22.2. The molecule has 1 aromatic carbocycles. The van der Waals surface area contributed by atoms with Gasteiger partial charge in [-0.3, -0.25) is 4.68 Å². The quantitative estimate of drug-likeness (QED) is 0.686. The Morgan fingerprint density at radius 2 is 2.12 bits per heavy atom. The van der Waals surface area contributed by atoms with E-state index in [2.05, 4.69) is 77.5 Å². The van der Waals surface area contributed by atoms with Gasteiger partial charge in [0.2, 0.25) is 0 Å². The number of carbonyl (C=O) groups excluding carboxylic acids is 1. The van der Waals surface area contributed by atoms with Crippen molar-refractivity contribution in [3.8, 4) is 0 Å². The fourth-order valence-corrected chi connectivity index (χ4v) is 5.32. The van der Waals surface area contributed by atoms with Crippen molar-refractivity contribution in [2.75, 3.05) is 33.2 Å². The van der Waals surface area contributed by atoms with E-state index in [0.29, 0.717) is 12.5 Å². The number of hydrazine groups is 1. The molecule has 8 heteroatoms. The Morgan fingerprint density at radius 3 is 2.91 bits per heavy atom. The topological polar surface area (TPSA) is 77.5 Å². The molecule has 1 fully saturated rings. The largest absolute Gasteiger partial charge is 0.333 e. The molecule has 0 radical (unpaired) electrons. The van der Waals surface area contributed by atoms with Crippen molar-refractivity contribution >= 4 is 6.03 Å². The smallest absolute Gasteiger partial charge is 0.317 e. The first kappa shape index (κ1) is 21.0. The number of amides is 2. The molecule has 2 aromatic rings. The average molecular weight is 436 g/mol. The number of likely N-dealkylation sites (N-methyl/N-ethyl adjacent to an activating group) is 1. The molecule has 2 amide bonds. The third-order valence-corrected chi connectivity index (χ3v) is 7.09. The summed E-state index contributed by atoms with van der Waals surface area (Å²) < 4.78 is 1.94. The van der Waals surface area contributed by atoms with Crippen LogP contribution in [0, 0.1) is 6.92 Å². The summed E-state index contributed by atoms with van der Waals surface area (Å²) in [5.74, 6) is 0.312. The molecule has 1 aromatic heterocycles. The van der Waals surface area contributed by atoms with Gasteiger partial charge in [0.15, 0.2) is 0 Å². The van der Waals surface area contributed by atoms with Gasteiger partial charge in [-0.1, -0.05) is 24.3 Å². The minimum absolute atomic E-state index is 0.0327. The minimum Gasteiger partial charge on any atom is -0.333 e. The maximum absolute atomic E-state index is 13.3. The second kappa shape index (κ2) is 8.60. The van der Waals surface area contributed by atoms with E-state index in [0.717, 1.165) is 38.2 Å². The van der Waals surface area contributed by atoms with Crippen molar-refractivity contribution in [2.24, 2.45) is 0 Å². The van der Waals surface area contributed by atoms with Crippen LogP contribution < -0.4 is 16.2 Å². The molecule has 32 heavy (non-hydrogen) atoms. The minimum atomic E-state index is 0.0327. The summed E-state index contributed by atoms with van der Waals surface area (Å²) in [4.78, 5) is 17.6. The molecule has 0 aliphatic carbocycles. The van der Waals surface area contributed by atoms with Gasteiger partial charge in [-0.25, -0.2) is 10.2 Å². The van der Waals surface area contributed by atoms with Gasteiger partial charge in [0.05, 0.1) is 18.3 Å². The Bertz CT molecular complexity index is 1030.